The maximum Gasteiger partial charge on any atom is 0.0181 e. The first-order valence-electron chi connectivity index (χ1n) is 5.98. The van der Waals surface area contributed by atoms with Crippen molar-refractivity contribution in [3.05, 3.63) is 0 Å². The lowest BCUT2D eigenvalue weighted by Crippen LogP contribution is -2.53. The van der Waals surface area contributed by atoms with Crippen molar-refractivity contribution in [2.75, 3.05) is 13.1 Å². The molecule has 0 bridgehead atoms. The van der Waals surface area contributed by atoms with Crippen LogP contribution in [0.3, 0.4) is 0 Å². The molecule has 0 aromatic heterocycles. The molecular weight excluding hydrogens is 158 g/mol. The third kappa shape index (κ3) is 2.70. The summed E-state index contributed by atoms with van der Waals surface area (Å²) in [4.78, 5) is 2.69. The Morgan fingerprint density at radius 2 is 1.77 bits per heavy atom. The number of rotatable bonds is 6. The van der Waals surface area contributed by atoms with Crippen LogP contribution in [0.4, 0.5) is 0 Å². The molecule has 1 atom stereocenters. The zero-order valence-corrected chi connectivity index (χ0v) is 9.60. The summed E-state index contributed by atoms with van der Waals surface area (Å²) < 4.78 is 0. The number of likely N-dealkylation sites (tertiary alicyclic amines) is 1. The third-order valence-electron chi connectivity index (χ3n) is 3.48. The first kappa shape index (κ1) is 11.0. The van der Waals surface area contributed by atoms with Gasteiger partial charge in [0.1, 0.15) is 0 Å². The van der Waals surface area contributed by atoms with Crippen LogP contribution in [0.5, 0.6) is 0 Å². The molecule has 13 heavy (non-hydrogen) atoms. The summed E-state index contributed by atoms with van der Waals surface area (Å²) in [5.41, 5.74) is 0.531. The maximum absolute atomic E-state index is 2.69. The van der Waals surface area contributed by atoms with Crippen molar-refractivity contribution in [2.45, 2.75) is 64.8 Å². The summed E-state index contributed by atoms with van der Waals surface area (Å²) in [6, 6.07) is 0. The van der Waals surface area contributed by atoms with E-state index in [1.54, 1.807) is 0 Å². The van der Waals surface area contributed by atoms with E-state index >= 15 is 0 Å². The van der Waals surface area contributed by atoms with Crippen molar-refractivity contribution in [2.24, 2.45) is 0 Å². The van der Waals surface area contributed by atoms with E-state index in [4.69, 9.17) is 0 Å². The van der Waals surface area contributed by atoms with Gasteiger partial charge in [-0.1, -0.05) is 33.1 Å². The van der Waals surface area contributed by atoms with Gasteiger partial charge in [-0.3, -0.25) is 4.90 Å². The van der Waals surface area contributed by atoms with Gasteiger partial charge in [0.15, 0.2) is 0 Å². The van der Waals surface area contributed by atoms with E-state index in [0.29, 0.717) is 5.54 Å². The van der Waals surface area contributed by atoms with Crippen molar-refractivity contribution < 1.29 is 0 Å². The normalized spacial score (nSPS) is 22.4. The van der Waals surface area contributed by atoms with Gasteiger partial charge in [-0.15, -0.1) is 0 Å². The maximum atomic E-state index is 2.69. The summed E-state index contributed by atoms with van der Waals surface area (Å²) in [6.45, 7) is 9.76. The molecule has 0 amide bonds. The standard InChI is InChI=1S/C12H25N/c1-4-6-9-12(3,8-5-2)13-10-7-11-13/h4-11H2,1-3H3. The average Bonchev–Trinajstić information content (AvgIpc) is 1.98. The molecule has 0 spiro atoms. The molecule has 1 saturated heterocycles. The van der Waals surface area contributed by atoms with Crippen LogP contribution in [-0.2, 0) is 0 Å². The monoisotopic (exact) mass is 183 g/mol. The highest BCUT2D eigenvalue weighted by molar-refractivity contribution is 4.89. The van der Waals surface area contributed by atoms with E-state index < -0.39 is 0 Å². The summed E-state index contributed by atoms with van der Waals surface area (Å²) in [6.07, 6.45) is 8.27. The zero-order chi connectivity index (χ0) is 9.73. The van der Waals surface area contributed by atoms with Crippen LogP contribution < -0.4 is 0 Å². The van der Waals surface area contributed by atoms with Gasteiger partial charge in [-0.25, -0.2) is 0 Å². The van der Waals surface area contributed by atoms with Crippen molar-refractivity contribution in [1.82, 2.24) is 4.90 Å². The van der Waals surface area contributed by atoms with Crippen LogP contribution >= 0.6 is 0 Å². The molecule has 1 unspecified atom stereocenters. The first-order valence-corrected chi connectivity index (χ1v) is 5.98. The Morgan fingerprint density at radius 3 is 2.15 bits per heavy atom. The summed E-state index contributed by atoms with van der Waals surface area (Å²) >= 11 is 0. The Kier molecular flexibility index (Phi) is 4.24. The van der Waals surface area contributed by atoms with Gasteiger partial charge in [0.05, 0.1) is 0 Å². The van der Waals surface area contributed by atoms with Crippen molar-refractivity contribution in [1.29, 1.82) is 0 Å². The first-order chi connectivity index (χ1) is 6.23. The zero-order valence-electron chi connectivity index (χ0n) is 9.60. The molecule has 0 aliphatic carbocycles. The molecule has 1 nitrogen and oxygen atoms in total. The average molecular weight is 183 g/mol. The van der Waals surface area contributed by atoms with Gasteiger partial charge in [0, 0.05) is 5.54 Å². The van der Waals surface area contributed by atoms with Gasteiger partial charge in [0.2, 0.25) is 0 Å². The van der Waals surface area contributed by atoms with E-state index in [0.717, 1.165) is 0 Å². The van der Waals surface area contributed by atoms with Crippen LogP contribution in [-0.4, -0.2) is 23.5 Å². The minimum absolute atomic E-state index is 0.531. The molecule has 1 aliphatic rings. The van der Waals surface area contributed by atoms with Crippen molar-refractivity contribution in [3.63, 3.8) is 0 Å². The quantitative estimate of drug-likeness (QED) is 0.609. The molecule has 0 radical (unpaired) electrons. The molecule has 1 rings (SSSR count). The fourth-order valence-corrected chi connectivity index (χ4v) is 2.39. The minimum Gasteiger partial charge on any atom is -0.298 e. The molecule has 1 heteroatoms. The predicted octanol–water partition coefficient (Wildman–Crippen LogP) is 3.44. The topological polar surface area (TPSA) is 3.24 Å². The molecule has 78 valence electrons. The summed E-state index contributed by atoms with van der Waals surface area (Å²) in [5.74, 6) is 0. The Balaban J connectivity index is 2.40. The van der Waals surface area contributed by atoms with Gasteiger partial charge in [0.25, 0.3) is 0 Å². The van der Waals surface area contributed by atoms with E-state index in [-0.39, 0.29) is 0 Å². The van der Waals surface area contributed by atoms with Gasteiger partial charge >= 0.3 is 0 Å². The van der Waals surface area contributed by atoms with Crippen molar-refractivity contribution in [3.8, 4) is 0 Å². The highest BCUT2D eigenvalue weighted by Crippen LogP contribution is 2.31. The Bertz CT molecular complexity index is 140. The summed E-state index contributed by atoms with van der Waals surface area (Å²) in [5, 5.41) is 0. The molecular formula is C12H25N. The SMILES string of the molecule is CCCCC(C)(CCC)N1CCC1. The number of unbranched alkanes of at least 4 members (excludes halogenated alkanes) is 1. The highest BCUT2D eigenvalue weighted by atomic mass is 15.2. The van der Waals surface area contributed by atoms with Gasteiger partial charge < -0.3 is 0 Å². The largest absolute Gasteiger partial charge is 0.298 e. The van der Waals surface area contributed by atoms with Gasteiger partial charge in [-0.05, 0) is 39.3 Å². The molecule has 0 N–H and O–H groups in total. The Labute approximate surface area is 83.5 Å². The van der Waals surface area contributed by atoms with E-state index in [1.807, 2.05) is 0 Å². The van der Waals surface area contributed by atoms with Crippen LogP contribution in [0.1, 0.15) is 59.3 Å². The lowest BCUT2D eigenvalue weighted by atomic mass is 9.86. The number of nitrogens with zero attached hydrogens (tertiary/aromatic N) is 1. The Morgan fingerprint density at radius 1 is 1.08 bits per heavy atom. The van der Waals surface area contributed by atoms with Crippen LogP contribution in [0.15, 0.2) is 0 Å². The van der Waals surface area contributed by atoms with E-state index in [2.05, 4.69) is 25.7 Å². The number of hydrogen-bond donors (Lipinski definition) is 0. The minimum atomic E-state index is 0.531. The number of hydrogen-bond acceptors (Lipinski definition) is 1. The smallest absolute Gasteiger partial charge is 0.0181 e. The van der Waals surface area contributed by atoms with Crippen molar-refractivity contribution >= 4 is 0 Å². The molecule has 0 aromatic carbocycles. The fourth-order valence-electron chi connectivity index (χ4n) is 2.39. The second-order valence-corrected chi connectivity index (χ2v) is 4.69. The van der Waals surface area contributed by atoms with Crippen LogP contribution in [0.2, 0.25) is 0 Å². The molecule has 0 saturated carbocycles. The van der Waals surface area contributed by atoms with Crippen LogP contribution in [0, 0.1) is 0 Å². The molecule has 0 aromatic rings. The second kappa shape index (κ2) is 4.99. The Hall–Kier alpha value is -0.0400. The molecule has 1 fully saturated rings. The second-order valence-electron chi connectivity index (χ2n) is 4.69. The molecule has 1 aliphatic heterocycles. The third-order valence-corrected chi connectivity index (χ3v) is 3.48. The lowest BCUT2D eigenvalue weighted by Gasteiger charge is -2.47. The van der Waals surface area contributed by atoms with Crippen LogP contribution in [0.25, 0.3) is 0 Å². The summed E-state index contributed by atoms with van der Waals surface area (Å²) in [7, 11) is 0. The molecule has 1 heterocycles. The van der Waals surface area contributed by atoms with E-state index in [1.165, 1.54) is 51.6 Å². The highest BCUT2D eigenvalue weighted by Gasteiger charge is 2.33. The lowest BCUT2D eigenvalue weighted by molar-refractivity contribution is 0.0268. The van der Waals surface area contributed by atoms with E-state index in [9.17, 15) is 0 Å². The van der Waals surface area contributed by atoms with Gasteiger partial charge in [-0.2, -0.15) is 0 Å². The fraction of sp³-hybridized carbons (Fsp3) is 1.00. The predicted molar refractivity (Wildman–Crippen MR) is 59.0 cm³/mol.